The van der Waals surface area contributed by atoms with Gasteiger partial charge in [-0.25, -0.2) is 4.79 Å². The van der Waals surface area contributed by atoms with Gasteiger partial charge in [-0.15, -0.1) is 0 Å². The lowest BCUT2D eigenvalue weighted by molar-refractivity contribution is -0.113. The highest BCUT2D eigenvalue weighted by atomic mass is 16.7. The number of carbonyl (C=O) groups excluding carboxylic acids is 2. The van der Waals surface area contributed by atoms with Crippen LogP contribution in [0.5, 0.6) is 0 Å². The Bertz CT molecular complexity index is 908. The number of hydrogen-bond donors (Lipinski definition) is 1. The lowest BCUT2D eigenvalue weighted by atomic mass is 9.88. The number of anilines is 1. The highest BCUT2D eigenvalue weighted by Crippen LogP contribution is 2.46. The first kappa shape index (κ1) is 18.7. The van der Waals surface area contributed by atoms with Crippen LogP contribution in [0.2, 0.25) is 0 Å². The van der Waals surface area contributed by atoms with Crippen molar-refractivity contribution in [3.63, 3.8) is 0 Å². The van der Waals surface area contributed by atoms with E-state index in [0.717, 1.165) is 53.6 Å². The highest BCUT2D eigenvalue weighted by Gasteiger charge is 2.46. The molecule has 4 rings (SSSR count). The highest BCUT2D eigenvalue weighted by molar-refractivity contribution is 6.55. The molecule has 1 N–H and O–H groups in total. The van der Waals surface area contributed by atoms with E-state index in [-0.39, 0.29) is 17.7 Å². The molecule has 1 saturated carbocycles. The molecule has 1 fully saturated rings. The Morgan fingerprint density at radius 2 is 1.93 bits per heavy atom. The Kier molecular flexibility index (Phi) is 4.52. The number of rotatable bonds is 2. The van der Waals surface area contributed by atoms with Crippen molar-refractivity contribution in [1.82, 2.24) is 5.32 Å². The van der Waals surface area contributed by atoms with Crippen molar-refractivity contribution in [2.45, 2.75) is 71.4 Å². The predicted octanol–water partition coefficient (Wildman–Crippen LogP) is 4.30. The lowest BCUT2D eigenvalue weighted by Crippen LogP contribution is -2.47. The van der Waals surface area contributed by atoms with Gasteiger partial charge in [0.15, 0.2) is 5.71 Å². The van der Waals surface area contributed by atoms with Crippen molar-refractivity contribution in [1.29, 1.82) is 0 Å². The average molecular weight is 381 g/mol. The van der Waals surface area contributed by atoms with E-state index in [1.54, 1.807) is 4.90 Å². The van der Waals surface area contributed by atoms with E-state index in [9.17, 15) is 9.59 Å². The van der Waals surface area contributed by atoms with Gasteiger partial charge in [0.25, 0.3) is 5.91 Å². The summed E-state index contributed by atoms with van der Waals surface area (Å²) in [5, 5.41) is 6.88. The molecule has 0 spiro atoms. The topological polar surface area (TPSA) is 71.0 Å². The van der Waals surface area contributed by atoms with E-state index in [2.05, 4.69) is 23.5 Å². The van der Waals surface area contributed by atoms with Crippen LogP contribution < -0.4 is 10.2 Å². The van der Waals surface area contributed by atoms with Crippen molar-refractivity contribution in [3.8, 4) is 0 Å². The maximum atomic E-state index is 13.2. The van der Waals surface area contributed by atoms with Gasteiger partial charge >= 0.3 is 6.09 Å². The summed E-state index contributed by atoms with van der Waals surface area (Å²) < 4.78 is 0. The summed E-state index contributed by atoms with van der Waals surface area (Å²) in [6.45, 7) is 8.01. The molecule has 1 aromatic rings. The van der Waals surface area contributed by atoms with Gasteiger partial charge in [-0.2, -0.15) is 0 Å². The summed E-state index contributed by atoms with van der Waals surface area (Å²) in [6, 6.07) is 4.15. The number of benzene rings is 1. The Morgan fingerprint density at radius 1 is 1.21 bits per heavy atom. The molecule has 1 aromatic carbocycles. The van der Waals surface area contributed by atoms with Crippen LogP contribution in [0.15, 0.2) is 23.4 Å². The molecule has 6 nitrogen and oxygen atoms in total. The second kappa shape index (κ2) is 6.76. The summed E-state index contributed by atoms with van der Waals surface area (Å²) in [7, 11) is 0. The van der Waals surface area contributed by atoms with Gasteiger partial charge in [0.2, 0.25) is 0 Å². The number of allylic oxidation sites excluding steroid dienone is 1. The molecule has 148 valence electrons. The minimum atomic E-state index is -0.593. The summed E-state index contributed by atoms with van der Waals surface area (Å²) in [6.07, 6.45) is 6.86. The zero-order chi connectivity index (χ0) is 20.1. The van der Waals surface area contributed by atoms with E-state index < -0.39 is 11.6 Å². The van der Waals surface area contributed by atoms with Crippen molar-refractivity contribution in [2.24, 2.45) is 5.16 Å². The Hall–Kier alpha value is -2.63. The number of carbonyl (C=O) groups is 2. The Morgan fingerprint density at radius 3 is 2.64 bits per heavy atom. The van der Waals surface area contributed by atoms with Gasteiger partial charge in [-0.3, -0.25) is 14.5 Å². The zero-order valence-corrected chi connectivity index (χ0v) is 17.0. The number of hydrogen-bond acceptors (Lipinski definition) is 4. The fourth-order valence-corrected chi connectivity index (χ4v) is 4.69. The van der Waals surface area contributed by atoms with Gasteiger partial charge in [0.1, 0.15) is 0 Å². The average Bonchev–Trinajstić information content (AvgIpc) is 2.94. The van der Waals surface area contributed by atoms with E-state index in [1.165, 1.54) is 6.42 Å². The summed E-state index contributed by atoms with van der Waals surface area (Å²) >= 11 is 0. The van der Waals surface area contributed by atoms with Gasteiger partial charge in [-0.05, 0) is 51.7 Å². The third kappa shape index (κ3) is 3.01. The third-order valence-electron chi connectivity index (χ3n) is 5.97. The molecule has 0 aromatic heterocycles. The first-order chi connectivity index (χ1) is 13.3. The van der Waals surface area contributed by atoms with Crippen LogP contribution in [0.4, 0.5) is 10.5 Å². The van der Waals surface area contributed by atoms with E-state index in [1.807, 2.05) is 32.9 Å². The van der Waals surface area contributed by atoms with E-state index in [0.29, 0.717) is 0 Å². The van der Waals surface area contributed by atoms with Crippen LogP contribution in [0.3, 0.4) is 0 Å². The Balaban J connectivity index is 1.65. The molecule has 6 heteroatoms. The van der Waals surface area contributed by atoms with Gasteiger partial charge < -0.3 is 5.32 Å². The van der Waals surface area contributed by atoms with Crippen molar-refractivity contribution in [2.75, 3.05) is 4.90 Å². The minimum Gasteiger partial charge on any atom is -0.317 e. The van der Waals surface area contributed by atoms with Crippen LogP contribution >= 0.6 is 0 Å². The molecule has 1 aliphatic carbocycles. The molecule has 2 aliphatic heterocycles. The monoisotopic (exact) mass is 381 g/mol. The number of oxime groups is 1. The maximum Gasteiger partial charge on any atom is 0.433 e. The predicted molar refractivity (Wildman–Crippen MR) is 109 cm³/mol. The zero-order valence-electron chi connectivity index (χ0n) is 17.0. The fraction of sp³-hybridized carbons (Fsp3) is 0.500. The van der Waals surface area contributed by atoms with Crippen LogP contribution in [0.25, 0.3) is 5.57 Å². The largest absolute Gasteiger partial charge is 0.433 e. The van der Waals surface area contributed by atoms with Crippen LogP contribution in [0, 0.1) is 6.92 Å². The summed E-state index contributed by atoms with van der Waals surface area (Å²) in [4.78, 5) is 32.3. The fourth-order valence-electron chi connectivity index (χ4n) is 4.69. The molecular weight excluding hydrogens is 354 g/mol. The van der Waals surface area contributed by atoms with Crippen molar-refractivity contribution >= 4 is 29.0 Å². The van der Waals surface area contributed by atoms with Crippen LogP contribution in [0.1, 0.15) is 69.6 Å². The molecule has 3 aliphatic rings. The lowest BCUT2D eigenvalue weighted by Gasteiger charge is -2.38. The first-order valence-electron chi connectivity index (χ1n) is 10.0. The molecule has 2 amide bonds. The molecule has 2 heterocycles. The molecule has 0 radical (unpaired) electrons. The summed E-state index contributed by atoms with van der Waals surface area (Å²) in [5.74, 6) is -0.232. The maximum absolute atomic E-state index is 13.2. The first-order valence-corrected chi connectivity index (χ1v) is 10.0. The van der Waals surface area contributed by atoms with Crippen molar-refractivity contribution < 1.29 is 14.4 Å². The SMILES string of the molecule is CC1=CC(C)(C)N2C(=O)/C(=N/OC(=O)NC3CCCCC3)c3c(C)ccc1c32. The Labute approximate surface area is 165 Å². The van der Waals surface area contributed by atoms with Crippen LogP contribution in [-0.4, -0.2) is 29.3 Å². The number of nitrogens with one attached hydrogen (secondary N) is 1. The summed E-state index contributed by atoms with van der Waals surface area (Å²) in [5.41, 5.74) is 4.43. The number of amides is 2. The molecular formula is C22H27N3O3. The molecule has 0 saturated heterocycles. The van der Waals surface area contributed by atoms with E-state index in [4.69, 9.17) is 4.84 Å². The third-order valence-corrected chi connectivity index (χ3v) is 5.97. The number of nitrogens with zero attached hydrogens (tertiary/aromatic N) is 2. The van der Waals surface area contributed by atoms with Gasteiger partial charge in [-0.1, -0.05) is 42.6 Å². The second-order valence-corrected chi connectivity index (χ2v) is 8.57. The molecule has 0 unspecified atom stereocenters. The quantitative estimate of drug-likeness (QED) is 0.613. The molecule has 28 heavy (non-hydrogen) atoms. The van der Waals surface area contributed by atoms with Gasteiger partial charge in [0, 0.05) is 17.2 Å². The van der Waals surface area contributed by atoms with Gasteiger partial charge in [0.05, 0.1) is 11.2 Å². The number of aryl methyl sites for hydroxylation is 1. The smallest absolute Gasteiger partial charge is 0.317 e. The van der Waals surface area contributed by atoms with Crippen LogP contribution in [-0.2, 0) is 9.63 Å². The van der Waals surface area contributed by atoms with E-state index >= 15 is 0 Å². The molecule has 0 atom stereocenters. The van der Waals surface area contributed by atoms with Crippen molar-refractivity contribution in [3.05, 3.63) is 34.9 Å². The minimum absolute atomic E-state index is 0.130. The normalized spacial score (nSPS) is 22.1. The second-order valence-electron chi connectivity index (χ2n) is 8.57. The standard InChI is InChI=1S/C22H27N3O3/c1-13-10-11-16-14(2)12-22(3,4)25-19(16)17(13)18(20(25)26)24-28-21(27)23-15-8-6-5-7-9-15/h10-12,15H,5-9H2,1-4H3,(H,23,27)/b24-18+. The molecule has 0 bridgehead atoms.